The van der Waals surface area contributed by atoms with Crippen LogP contribution in [0.15, 0.2) is 16.8 Å². The molecule has 2 N–H and O–H groups in total. The average molecular weight is 222 g/mol. The first kappa shape index (κ1) is 11.0. The third-order valence-electron chi connectivity index (χ3n) is 2.92. The molecule has 0 radical (unpaired) electrons. The van der Waals surface area contributed by atoms with Gasteiger partial charge in [0.15, 0.2) is 0 Å². The van der Waals surface area contributed by atoms with Crippen LogP contribution in [0, 0.1) is 0 Å². The normalized spacial score (nSPS) is 22.9. The summed E-state index contributed by atoms with van der Waals surface area (Å²) in [5.74, 6) is 0.828. The van der Waals surface area contributed by atoms with Crippen LogP contribution in [-0.4, -0.2) is 43.4 Å². The van der Waals surface area contributed by atoms with Gasteiger partial charge in [-0.3, -0.25) is 4.99 Å². The van der Waals surface area contributed by atoms with Gasteiger partial charge in [0.2, 0.25) is 0 Å². The first-order valence-corrected chi connectivity index (χ1v) is 5.77. The summed E-state index contributed by atoms with van der Waals surface area (Å²) in [7, 11) is 1.73. The van der Waals surface area contributed by atoms with Crippen molar-refractivity contribution in [2.75, 3.05) is 26.7 Å². The SMILES string of the molecule is CN=C1C=C(NC(=O)N2CCCCC2)CN1. The van der Waals surface area contributed by atoms with Gasteiger partial charge < -0.3 is 15.5 Å². The second kappa shape index (κ2) is 5.01. The van der Waals surface area contributed by atoms with E-state index in [0.29, 0.717) is 6.54 Å². The molecule has 5 heteroatoms. The number of amides is 2. The van der Waals surface area contributed by atoms with E-state index >= 15 is 0 Å². The van der Waals surface area contributed by atoms with E-state index in [1.807, 2.05) is 11.0 Å². The Morgan fingerprint density at radius 1 is 1.44 bits per heavy atom. The highest BCUT2D eigenvalue weighted by Gasteiger charge is 2.18. The summed E-state index contributed by atoms with van der Waals surface area (Å²) in [6.07, 6.45) is 5.35. The van der Waals surface area contributed by atoms with Gasteiger partial charge in [-0.05, 0) is 19.3 Å². The van der Waals surface area contributed by atoms with Crippen molar-refractivity contribution in [2.45, 2.75) is 19.3 Å². The minimum absolute atomic E-state index is 0.0186. The molecule has 1 saturated heterocycles. The molecule has 0 unspecified atom stereocenters. The van der Waals surface area contributed by atoms with Crippen molar-refractivity contribution in [3.05, 3.63) is 11.8 Å². The lowest BCUT2D eigenvalue weighted by molar-refractivity contribution is 0.189. The number of aliphatic imine (C=N–C) groups is 1. The molecule has 0 saturated carbocycles. The largest absolute Gasteiger partial charge is 0.365 e. The number of nitrogens with zero attached hydrogens (tertiary/aromatic N) is 2. The third-order valence-corrected chi connectivity index (χ3v) is 2.92. The number of carbonyl (C=O) groups excluding carboxylic acids is 1. The van der Waals surface area contributed by atoms with Gasteiger partial charge in [0.25, 0.3) is 0 Å². The van der Waals surface area contributed by atoms with E-state index in [1.165, 1.54) is 6.42 Å². The number of nitrogens with one attached hydrogen (secondary N) is 2. The fourth-order valence-corrected chi connectivity index (χ4v) is 1.99. The lowest BCUT2D eigenvalue weighted by Crippen LogP contribution is -2.42. The van der Waals surface area contributed by atoms with E-state index in [2.05, 4.69) is 15.6 Å². The van der Waals surface area contributed by atoms with Gasteiger partial charge in [0, 0.05) is 31.9 Å². The van der Waals surface area contributed by atoms with Crippen molar-refractivity contribution in [3.8, 4) is 0 Å². The lowest BCUT2D eigenvalue weighted by Gasteiger charge is -2.26. The summed E-state index contributed by atoms with van der Waals surface area (Å²) in [5, 5.41) is 6.01. The quantitative estimate of drug-likeness (QED) is 0.686. The molecule has 1 fully saturated rings. The zero-order valence-corrected chi connectivity index (χ0v) is 9.62. The Morgan fingerprint density at radius 3 is 2.81 bits per heavy atom. The summed E-state index contributed by atoms with van der Waals surface area (Å²) < 4.78 is 0. The molecule has 2 amide bonds. The van der Waals surface area contributed by atoms with Crippen LogP contribution in [0.4, 0.5) is 4.79 Å². The fourth-order valence-electron chi connectivity index (χ4n) is 1.99. The number of rotatable bonds is 1. The zero-order chi connectivity index (χ0) is 11.4. The monoisotopic (exact) mass is 222 g/mol. The van der Waals surface area contributed by atoms with Crippen LogP contribution in [0.5, 0.6) is 0 Å². The summed E-state index contributed by atoms with van der Waals surface area (Å²) in [4.78, 5) is 17.8. The number of amidine groups is 1. The number of hydrogen-bond donors (Lipinski definition) is 2. The van der Waals surface area contributed by atoms with Crippen molar-refractivity contribution >= 4 is 11.9 Å². The number of urea groups is 1. The molecule has 16 heavy (non-hydrogen) atoms. The summed E-state index contributed by atoms with van der Waals surface area (Å²) >= 11 is 0. The second-order valence-electron chi connectivity index (χ2n) is 4.11. The standard InChI is InChI=1S/C11H18N4O/c1-12-10-7-9(8-13-10)14-11(16)15-5-3-2-4-6-15/h7H,2-6,8H2,1H3,(H,12,13)(H,14,16). The maximum absolute atomic E-state index is 11.9. The van der Waals surface area contributed by atoms with Crippen molar-refractivity contribution in [2.24, 2.45) is 4.99 Å². The van der Waals surface area contributed by atoms with Crippen molar-refractivity contribution < 1.29 is 4.79 Å². The predicted molar refractivity (Wildman–Crippen MR) is 63.4 cm³/mol. The molecule has 5 nitrogen and oxygen atoms in total. The molecular weight excluding hydrogens is 204 g/mol. The van der Waals surface area contributed by atoms with Crippen LogP contribution in [-0.2, 0) is 0 Å². The molecule has 0 aromatic heterocycles. The van der Waals surface area contributed by atoms with Gasteiger partial charge in [-0.15, -0.1) is 0 Å². The van der Waals surface area contributed by atoms with Gasteiger partial charge in [-0.1, -0.05) is 0 Å². The van der Waals surface area contributed by atoms with E-state index in [1.54, 1.807) is 7.05 Å². The Morgan fingerprint density at radius 2 is 2.19 bits per heavy atom. The summed E-state index contributed by atoms with van der Waals surface area (Å²) in [6.45, 7) is 2.41. The molecule has 88 valence electrons. The molecule has 0 spiro atoms. The summed E-state index contributed by atoms with van der Waals surface area (Å²) in [5.41, 5.74) is 0.899. The van der Waals surface area contributed by atoms with Gasteiger partial charge in [-0.2, -0.15) is 0 Å². The Balaban J connectivity index is 1.87. The van der Waals surface area contributed by atoms with Crippen molar-refractivity contribution in [3.63, 3.8) is 0 Å². The predicted octanol–water partition coefficient (Wildman–Crippen LogP) is 0.697. The molecule has 0 aromatic carbocycles. The highest BCUT2D eigenvalue weighted by molar-refractivity contribution is 5.96. The maximum atomic E-state index is 11.9. The second-order valence-corrected chi connectivity index (χ2v) is 4.11. The molecule has 2 aliphatic heterocycles. The topological polar surface area (TPSA) is 56.7 Å². The Labute approximate surface area is 95.6 Å². The van der Waals surface area contributed by atoms with Gasteiger partial charge >= 0.3 is 6.03 Å². The molecule has 2 aliphatic rings. The smallest absolute Gasteiger partial charge is 0.321 e. The molecule has 0 aliphatic carbocycles. The number of carbonyl (C=O) groups is 1. The first-order valence-electron chi connectivity index (χ1n) is 5.77. The molecule has 0 bridgehead atoms. The van der Waals surface area contributed by atoms with Gasteiger partial charge in [0.1, 0.15) is 5.84 Å². The van der Waals surface area contributed by atoms with Crippen molar-refractivity contribution in [1.29, 1.82) is 0 Å². The molecular formula is C11H18N4O. The highest BCUT2D eigenvalue weighted by atomic mass is 16.2. The molecule has 0 aromatic rings. The minimum Gasteiger partial charge on any atom is -0.365 e. The first-order chi connectivity index (χ1) is 7.79. The van der Waals surface area contributed by atoms with Crippen LogP contribution < -0.4 is 10.6 Å². The van der Waals surface area contributed by atoms with Crippen LogP contribution in [0.2, 0.25) is 0 Å². The lowest BCUT2D eigenvalue weighted by atomic mass is 10.1. The number of hydrogen-bond acceptors (Lipinski definition) is 2. The minimum atomic E-state index is 0.0186. The number of piperidine rings is 1. The van der Waals surface area contributed by atoms with E-state index in [-0.39, 0.29) is 6.03 Å². The van der Waals surface area contributed by atoms with Gasteiger partial charge in [-0.25, -0.2) is 4.79 Å². The van der Waals surface area contributed by atoms with E-state index < -0.39 is 0 Å². The van der Waals surface area contributed by atoms with Crippen LogP contribution in [0.25, 0.3) is 0 Å². The van der Waals surface area contributed by atoms with Crippen LogP contribution in [0.3, 0.4) is 0 Å². The number of likely N-dealkylation sites (tertiary alicyclic amines) is 1. The van der Waals surface area contributed by atoms with E-state index in [4.69, 9.17) is 0 Å². The average Bonchev–Trinajstić information content (AvgIpc) is 2.78. The van der Waals surface area contributed by atoms with Crippen LogP contribution in [0.1, 0.15) is 19.3 Å². The highest BCUT2D eigenvalue weighted by Crippen LogP contribution is 2.09. The Kier molecular flexibility index (Phi) is 3.44. The molecule has 2 heterocycles. The Bertz CT molecular complexity index is 329. The van der Waals surface area contributed by atoms with E-state index in [0.717, 1.165) is 37.5 Å². The fraction of sp³-hybridized carbons (Fsp3) is 0.636. The third kappa shape index (κ3) is 2.53. The van der Waals surface area contributed by atoms with Crippen LogP contribution >= 0.6 is 0 Å². The molecule has 2 rings (SSSR count). The summed E-state index contributed by atoms with van der Waals surface area (Å²) in [6, 6.07) is 0.0186. The van der Waals surface area contributed by atoms with Gasteiger partial charge in [0.05, 0.1) is 6.54 Å². The maximum Gasteiger partial charge on any atom is 0.321 e. The zero-order valence-electron chi connectivity index (χ0n) is 9.62. The Hall–Kier alpha value is -1.52. The van der Waals surface area contributed by atoms with Crippen molar-refractivity contribution in [1.82, 2.24) is 15.5 Å². The molecule has 0 atom stereocenters. The van der Waals surface area contributed by atoms with E-state index in [9.17, 15) is 4.79 Å².